The van der Waals surface area contributed by atoms with Crippen LogP contribution in [0.4, 0.5) is 0 Å². The highest BCUT2D eigenvalue weighted by Gasteiger charge is 2.28. The van der Waals surface area contributed by atoms with E-state index in [0.29, 0.717) is 74.2 Å². The van der Waals surface area contributed by atoms with Crippen LogP contribution in [0.1, 0.15) is 54.9 Å². The Morgan fingerprint density at radius 1 is 0.722 bits per heavy atom. The molecule has 2 aliphatic heterocycles. The maximum atomic E-state index is 14.8. The molecule has 0 atom stereocenters. The minimum Gasteiger partial charge on any atom is -0.488 e. The summed E-state index contributed by atoms with van der Waals surface area (Å²) in [7, 11) is -8.76. The van der Waals surface area contributed by atoms with Crippen LogP contribution in [-0.4, -0.2) is 62.5 Å². The Bertz CT molecular complexity index is 2360. The van der Waals surface area contributed by atoms with Crippen molar-refractivity contribution < 1.29 is 40.2 Å². The molecule has 0 aromatic heterocycles. The van der Waals surface area contributed by atoms with Gasteiger partial charge in [0.15, 0.2) is 0 Å². The molecular formula is C41H40N2O9S2. The van der Waals surface area contributed by atoms with Crippen LogP contribution in [0.15, 0.2) is 119 Å². The molecule has 0 spiro atoms. The monoisotopic (exact) mass is 768 g/mol. The third kappa shape index (κ3) is 9.07. The van der Waals surface area contributed by atoms with Crippen LogP contribution in [0, 0.1) is 0 Å². The van der Waals surface area contributed by atoms with E-state index < -0.39 is 20.2 Å². The number of benzene rings is 5. The van der Waals surface area contributed by atoms with Gasteiger partial charge < -0.3 is 19.7 Å². The molecule has 3 N–H and O–H groups in total. The highest BCUT2D eigenvalue weighted by molar-refractivity contribution is 7.86. The van der Waals surface area contributed by atoms with E-state index in [1.165, 1.54) is 29.8 Å². The summed E-state index contributed by atoms with van der Waals surface area (Å²) in [5, 5.41) is 3.50. The van der Waals surface area contributed by atoms with E-state index in [0.717, 1.165) is 27.8 Å². The molecule has 1 amide bonds. The maximum absolute atomic E-state index is 14.8. The molecular weight excluding hydrogens is 729 g/mol. The quantitative estimate of drug-likeness (QED) is 0.128. The van der Waals surface area contributed by atoms with Gasteiger partial charge in [0.25, 0.3) is 26.1 Å². The van der Waals surface area contributed by atoms with Crippen LogP contribution in [0.5, 0.6) is 5.75 Å². The Morgan fingerprint density at radius 3 is 1.96 bits per heavy atom. The molecule has 11 nitrogen and oxygen atoms in total. The molecule has 5 aromatic rings. The summed E-state index contributed by atoms with van der Waals surface area (Å²) >= 11 is 0. The number of nitrogens with zero attached hydrogens (tertiary/aromatic N) is 1. The lowest BCUT2D eigenvalue weighted by molar-refractivity contribution is -0.00579. The van der Waals surface area contributed by atoms with Crippen molar-refractivity contribution in [2.24, 2.45) is 0 Å². The summed E-state index contributed by atoms with van der Waals surface area (Å²) in [5.41, 5.74) is 7.62. The molecule has 0 bridgehead atoms. The number of hydrogen-bond acceptors (Lipinski definition) is 8. The second-order valence-electron chi connectivity index (χ2n) is 13.7. The largest absolute Gasteiger partial charge is 0.488 e. The zero-order chi connectivity index (χ0) is 37.9. The first-order valence-electron chi connectivity index (χ1n) is 17.6. The summed E-state index contributed by atoms with van der Waals surface area (Å²) in [6, 6.07) is 31.9. The predicted octanol–water partition coefficient (Wildman–Crippen LogP) is 5.63. The number of amides is 1. The standard InChI is InChI=1S/C41H40N2O9S2/c44-41(43-17-16-33-11-6-31(20-35(33)24-43)23-42-36-26-51-27-36)40-34(19-29-9-14-38(15-10-29)54(48,49)50)21-32(18-28-7-12-37(13-8-28)53(45,46)47)22-39(40)52-25-30-4-2-1-3-5-30/h1-15,20-22,36,42H,16-19,23-27H2,(H,45,46,47)(H,48,49,50). The van der Waals surface area contributed by atoms with Gasteiger partial charge in [-0.3, -0.25) is 13.9 Å². The van der Waals surface area contributed by atoms with Gasteiger partial charge in [-0.05, 0) is 94.1 Å². The lowest BCUT2D eigenvalue weighted by Gasteiger charge is -2.31. The second-order valence-corrected chi connectivity index (χ2v) is 16.5. The molecule has 0 radical (unpaired) electrons. The Balaban J connectivity index is 1.26. The van der Waals surface area contributed by atoms with Gasteiger partial charge in [0.1, 0.15) is 12.4 Å². The molecule has 54 heavy (non-hydrogen) atoms. The van der Waals surface area contributed by atoms with Gasteiger partial charge in [0.2, 0.25) is 0 Å². The highest BCUT2D eigenvalue weighted by Crippen LogP contribution is 2.33. The van der Waals surface area contributed by atoms with Gasteiger partial charge in [-0.2, -0.15) is 16.8 Å². The molecule has 2 aliphatic rings. The van der Waals surface area contributed by atoms with E-state index >= 15 is 0 Å². The fraction of sp³-hybridized carbons (Fsp3) is 0.244. The average molecular weight is 769 g/mol. The van der Waals surface area contributed by atoms with Crippen molar-refractivity contribution in [3.05, 3.63) is 159 Å². The molecule has 5 aromatic carbocycles. The molecule has 280 valence electrons. The summed E-state index contributed by atoms with van der Waals surface area (Å²) in [5.74, 6) is 0.180. The van der Waals surface area contributed by atoms with E-state index in [1.807, 2.05) is 47.4 Å². The van der Waals surface area contributed by atoms with Gasteiger partial charge in [0, 0.05) is 19.6 Å². The first kappa shape index (κ1) is 37.4. The Morgan fingerprint density at radius 2 is 1.35 bits per heavy atom. The van der Waals surface area contributed by atoms with Crippen molar-refractivity contribution in [1.29, 1.82) is 0 Å². The van der Waals surface area contributed by atoms with Crippen LogP contribution in [0.25, 0.3) is 0 Å². The van der Waals surface area contributed by atoms with Crippen molar-refractivity contribution in [1.82, 2.24) is 10.2 Å². The van der Waals surface area contributed by atoms with Gasteiger partial charge in [0.05, 0.1) is 34.6 Å². The van der Waals surface area contributed by atoms with Crippen LogP contribution in [0.2, 0.25) is 0 Å². The van der Waals surface area contributed by atoms with Crippen molar-refractivity contribution in [3.63, 3.8) is 0 Å². The number of hydrogen-bond donors (Lipinski definition) is 3. The Hall–Kier alpha value is -4.89. The van der Waals surface area contributed by atoms with Crippen molar-refractivity contribution >= 4 is 26.1 Å². The summed E-state index contributed by atoms with van der Waals surface area (Å²) < 4.78 is 77.7. The number of ether oxygens (including phenoxy) is 2. The average Bonchev–Trinajstić information content (AvgIpc) is 3.13. The number of carbonyl (C=O) groups excluding carboxylic acids is 1. The zero-order valence-electron chi connectivity index (χ0n) is 29.3. The van der Waals surface area contributed by atoms with Crippen LogP contribution in [0.3, 0.4) is 0 Å². The minimum absolute atomic E-state index is 0.196. The first-order chi connectivity index (χ1) is 25.9. The van der Waals surface area contributed by atoms with Crippen molar-refractivity contribution in [2.75, 3.05) is 19.8 Å². The minimum atomic E-state index is -4.40. The molecule has 7 rings (SSSR count). The third-order valence-corrected chi connectivity index (χ3v) is 11.5. The van der Waals surface area contributed by atoms with Gasteiger partial charge in [-0.25, -0.2) is 0 Å². The number of fused-ring (bicyclic) bond motifs is 1. The van der Waals surface area contributed by atoms with Gasteiger partial charge in [-0.1, -0.05) is 78.9 Å². The summed E-state index contributed by atoms with van der Waals surface area (Å²) in [6.45, 7) is 3.22. The van der Waals surface area contributed by atoms with Crippen molar-refractivity contribution in [3.8, 4) is 5.75 Å². The van der Waals surface area contributed by atoms with Gasteiger partial charge >= 0.3 is 0 Å². The molecule has 0 saturated carbocycles. The fourth-order valence-electron chi connectivity index (χ4n) is 6.75. The highest BCUT2D eigenvalue weighted by atomic mass is 32.2. The normalized spacial score (nSPS) is 14.7. The van der Waals surface area contributed by atoms with E-state index in [4.69, 9.17) is 9.47 Å². The summed E-state index contributed by atoms with van der Waals surface area (Å²) in [6.07, 6.45) is 1.29. The lowest BCUT2D eigenvalue weighted by Crippen LogP contribution is -2.45. The zero-order valence-corrected chi connectivity index (χ0v) is 31.0. The first-order valence-corrected chi connectivity index (χ1v) is 20.4. The number of nitrogens with one attached hydrogen (secondary N) is 1. The SMILES string of the molecule is O=C(c1c(Cc2ccc(S(=O)(=O)O)cc2)cc(Cc2ccc(S(=O)(=O)O)cc2)cc1OCc1ccccc1)N1CCc2ccc(CNC3COC3)cc2C1. The molecule has 0 unspecified atom stereocenters. The van der Waals surface area contributed by atoms with Crippen LogP contribution < -0.4 is 10.1 Å². The second kappa shape index (κ2) is 15.8. The number of rotatable bonds is 13. The molecule has 1 saturated heterocycles. The predicted molar refractivity (Wildman–Crippen MR) is 202 cm³/mol. The van der Waals surface area contributed by atoms with Crippen LogP contribution >= 0.6 is 0 Å². The lowest BCUT2D eigenvalue weighted by atomic mass is 9.92. The smallest absolute Gasteiger partial charge is 0.294 e. The van der Waals surface area contributed by atoms with E-state index in [2.05, 4.69) is 23.5 Å². The molecule has 0 aliphatic carbocycles. The topological polar surface area (TPSA) is 160 Å². The molecule has 2 heterocycles. The maximum Gasteiger partial charge on any atom is 0.294 e. The van der Waals surface area contributed by atoms with Crippen LogP contribution in [-0.2, 0) is 63.9 Å². The Kier molecular flexibility index (Phi) is 11.0. The number of carbonyl (C=O) groups is 1. The molecule has 13 heteroatoms. The van der Waals surface area contributed by atoms with E-state index in [1.54, 1.807) is 24.3 Å². The summed E-state index contributed by atoms with van der Waals surface area (Å²) in [4.78, 5) is 16.2. The van der Waals surface area contributed by atoms with Crippen molar-refractivity contribution in [2.45, 2.75) is 54.8 Å². The van der Waals surface area contributed by atoms with Gasteiger partial charge in [-0.15, -0.1) is 0 Å². The molecule has 1 fully saturated rings. The fourth-order valence-corrected chi connectivity index (χ4v) is 7.71. The Labute approximate surface area is 315 Å². The third-order valence-electron chi connectivity index (χ3n) is 9.74. The van der Waals surface area contributed by atoms with E-state index in [-0.39, 0.29) is 28.7 Å². The van der Waals surface area contributed by atoms with E-state index in [9.17, 15) is 30.7 Å².